The summed E-state index contributed by atoms with van der Waals surface area (Å²) in [6.07, 6.45) is 6.09. The summed E-state index contributed by atoms with van der Waals surface area (Å²) < 4.78 is 22.4. The van der Waals surface area contributed by atoms with Gasteiger partial charge in [0.1, 0.15) is 12.4 Å². The fraction of sp³-hybridized carbons (Fsp3) is 0.516. The maximum Gasteiger partial charge on any atom is 0.339 e. The number of ketones is 1. The minimum Gasteiger partial charge on any atom is -0.496 e. The highest BCUT2D eigenvalue weighted by atomic mass is 16.5. The van der Waals surface area contributed by atoms with E-state index in [0.717, 1.165) is 24.8 Å². The highest BCUT2D eigenvalue weighted by Crippen LogP contribution is 2.55. The summed E-state index contributed by atoms with van der Waals surface area (Å²) in [6.45, 7) is 3.29. The van der Waals surface area contributed by atoms with Crippen LogP contribution in [0.25, 0.3) is 0 Å². The highest BCUT2D eigenvalue weighted by molar-refractivity contribution is 5.94. The van der Waals surface area contributed by atoms with Crippen molar-refractivity contribution in [3.8, 4) is 17.2 Å². The van der Waals surface area contributed by atoms with Crippen LogP contribution in [0.4, 0.5) is 0 Å². The molecule has 0 saturated heterocycles. The molecule has 1 amide bonds. The van der Waals surface area contributed by atoms with Crippen LogP contribution in [0, 0.1) is 17.8 Å². The zero-order valence-corrected chi connectivity index (χ0v) is 23.1. The first-order chi connectivity index (χ1) is 18.7. The van der Waals surface area contributed by atoms with E-state index < -0.39 is 12.1 Å². The molecule has 2 aromatic carbocycles. The van der Waals surface area contributed by atoms with Crippen LogP contribution < -0.4 is 19.5 Å². The zero-order chi connectivity index (χ0) is 27.7. The van der Waals surface area contributed by atoms with Crippen LogP contribution >= 0.6 is 0 Å². The normalized spacial score (nSPS) is 25.5. The van der Waals surface area contributed by atoms with Crippen molar-refractivity contribution >= 4 is 17.7 Å². The summed E-state index contributed by atoms with van der Waals surface area (Å²) >= 11 is 0. The van der Waals surface area contributed by atoms with E-state index in [0.29, 0.717) is 40.6 Å². The predicted molar refractivity (Wildman–Crippen MR) is 144 cm³/mol. The Balaban J connectivity index is 1.20. The van der Waals surface area contributed by atoms with Gasteiger partial charge in [0.05, 0.1) is 19.8 Å². The van der Waals surface area contributed by atoms with E-state index in [-0.39, 0.29) is 29.4 Å². The SMILES string of the molecule is COc1cc(C(C)=O)ccc1COc1ccc(C(=O)OC(C)C(=O)NC23CC4CC(CC(C4)C2)C3)cc1OC. The first kappa shape index (κ1) is 27.0. The third-order valence-electron chi connectivity index (χ3n) is 8.56. The second-order valence-corrected chi connectivity index (χ2v) is 11.5. The maximum absolute atomic E-state index is 13.0. The number of benzene rings is 2. The number of carbonyl (C=O) groups is 3. The van der Waals surface area contributed by atoms with Crippen molar-refractivity contribution in [2.45, 2.75) is 70.6 Å². The van der Waals surface area contributed by atoms with Gasteiger partial charge in [-0.1, -0.05) is 12.1 Å². The second kappa shape index (κ2) is 10.9. The maximum atomic E-state index is 13.0. The summed E-state index contributed by atoms with van der Waals surface area (Å²) in [5, 5.41) is 3.27. The van der Waals surface area contributed by atoms with Gasteiger partial charge in [-0.05, 0) is 94.4 Å². The number of rotatable bonds is 10. The summed E-state index contributed by atoms with van der Waals surface area (Å²) in [7, 11) is 3.02. The van der Waals surface area contributed by atoms with Gasteiger partial charge in [0.15, 0.2) is 23.4 Å². The zero-order valence-electron chi connectivity index (χ0n) is 23.1. The van der Waals surface area contributed by atoms with Crippen molar-refractivity contribution < 1.29 is 33.3 Å². The van der Waals surface area contributed by atoms with Crippen molar-refractivity contribution in [1.82, 2.24) is 5.32 Å². The number of amides is 1. The Hall–Kier alpha value is -3.55. The highest BCUT2D eigenvalue weighted by Gasteiger charge is 2.51. The van der Waals surface area contributed by atoms with Gasteiger partial charge >= 0.3 is 5.97 Å². The fourth-order valence-electron chi connectivity index (χ4n) is 7.06. The van der Waals surface area contributed by atoms with E-state index >= 15 is 0 Å². The van der Waals surface area contributed by atoms with Crippen molar-refractivity contribution in [2.75, 3.05) is 14.2 Å². The molecule has 8 nitrogen and oxygen atoms in total. The number of hydrogen-bond donors (Lipinski definition) is 1. The first-order valence-electron chi connectivity index (χ1n) is 13.7. The molecule has 6 rings (SSSR count). The number of Topliss-reactive ketones (excluding diaryl/α,β-unsaturated/α-hetero) is 1. The Morgan fingerprint density at radius 1 is 0.872 bits per heavy atom. The van der Waals surface area contributed by atoms with E-state index in [9.17, 15) is 14.4 Å². The molecule has 0 heterocycles. The van der Waals surface area contributed by atoms with Gasteiger partial charge in [-0.25, -0.2) is 4.79 Å². The van der Waals surface area contributed by atoms with Gasteiger partial charge in [-0.3, -0.25) is 9.59 Å². The molecule has 0 radical (unpaired) electrons. The Labute approximate surface area is 229 Å². The molecule has 1 unspecified atom stereocenters. The lowest BCUT2D eigenvalue weighted by Crippen LogP contribution is -2.61. The molecule has 0 aliphatic heterocycles. The fourth-order valence-corrected chi connectivity index (χ4v) is 7.06. The van der Waals surface area contributed by atoms with Crippen LogP contribution in [0.1, 0.15) is 78.7 Å². The molecule has 2 aromatic rings. The Bertz CT molecular complexity index is 1230. The van der Waals surface area contributed by atoms with Gasteiger partial charge in [-0.2, -0.15) is 0 Å². The monoisotopic (exact) mass is 535 g/mol. The molecule has 4 aliphatic carbocycles. The third-order valence-corrected chi connectivity index (χ3v) is 8.56. The lowest BCUT2D eigenvalue weighted by Gasteiger charge is -2.57. The molecule has 4 bridgehead atoms. The average Bonchev–Trinajstić information content (AvgIpc) is 2.90. The molecule has 1 N–H and O–H groups in total. The van der Waals surface area contributed by atoms with Gasteiger partial charge in [0.2, 0.25) is 0 Å². The van der Waals surface area contributed by atoms with E-state index in [1.54, 1.807) is 37.3 Å². The minimum absolute atomic E-state index is 0.0514. The van der Waals surface area contributed by atoms with E-state index in [1.807, 2.05) is 0 Å². The molecule has 0 spiro atoms. The van der Waals surface area contributed by atoms with Crippen LogP contribution in [0.3, 0.4) is 0 Å². The average molecular weight is 536 g/mol. The number of carbonyl (C=O) groups excluding carboxylic acids is 3. The van der Waals surface area contributed by atoms with Crippen molar-refractivity contribution in [3.63, 3.8) is 0 Å². The van der Waals surface area contributed by atoms with Crippen LogP contribution in [0.5, 0.6) is 17.2 Å². The van der Waals surface area contributed by atoms with E-state index in [1.165, 1.54) is 46.5 Å². The number of hydrogen-bond acceptors (Lipinski definition) is 7. The number of methoxy groups -OCH3 is 2. The van der Waals surface area contributed by atoms with Gasteiger partial charge < -0.3 is 24.3 Å². The molecule has 0 aromatic heterocycles. The van der Waals surface area contributed by atoms with Crippen LogP contribution in [0.15, 0.2) is 36.4 Å². The standard InChI is InChI=1S/C31H37NO7/c1-18(33)23-5-6-25(27(12-23)36-3)17-38-26-8-7-24(13-28(26)37-4)30(35)39-19(2)29(34)32-31-14-20-9-21(15-31)11-22(10-20)16-31/h5-8,12-13,19-22H,9-11,14-17H2,1-4H3,(H,32,34). The Morgan fingerprint density at radius 2 is 1.46 bits per heavy atom. The summed E-state index contributed by atoms with van der Waals surface area (Å²) in [6, 6.07) is 9.94. The molecular formula is C31H37NO7. The second-order valence-electron chi connectivity index (χ2n) is 11.5. The number of esters is 1. The predicted octanol–water partition coefficient (Wildman–Crippen LogP) is 5.12. The summed E-state index contributed by atoms with van der Waals surface area (Å²) in [4.78, 5) is 37.6. The molecule has 1 atom stereocenters. The Kier molecular flexibility index (Phi) is 7.56. The Morgan fingerprint density at radius 3 is 2.05 bits per heavy atom. The smallest absolute Gasteiger partial charge is 0.339 e. The molecule has 208 valence electrons. The largest absolute Gasteiger partial charge is 0.496 e. The molecule has 4 aliphatic rings. The summed E-state index contributed by atoms with van der Waals surface area (Å²) in [5.74, 6) is 2.58. The van der Waals surface area contributed by atoms with E-state index in [2.05, 4.69) is 5.32 Å². The first-order valence-corrected chi connectivity index (χ1v) is 13.7. The van der Waals surface area contributed by atoms with E-state index in [4.69, 9.17) is 18.9 Å². The van der Waals surface area contributed by atoms with Gasteiger partial charge in [0.25, 0.3) is 5.91 Å². The lowest BCUT2D eigenvalue weighted by molar-refractivity contribution is -0.134. The minimum atomic E-state index is -0.905. The quantitative estimate of drug-likeness (QED) is 0.333. The van der Waals surface area contributed by atoms with Gasteiger partial charge in [0, 0.05) is 16.7 Å². The third kappa shape index (κ3) is 5.75. The summed E-state index contributed by atoms with van der Waals surface area (Å²) in [5.41, 5.74) is 1.44. The van der Waals surface area contributed by atoms with Crippen molar-refractivity contribution in [2.24, 2.45) is 17.8 Å². The van der Waals surface area contributed by atoms with Crippen LogP contribution in [0.2, 0.25) is 0 Å². The topological polar surface area (TPSA) is 100 Å². The molecule has 4 saturated carbocycles. The van der Waals surface area contributed by atoms with Crippen LogP contribution in [-0.4, -0.2) is 43.5 Å². The molecule has 4 fully saturated rings. The van der Waals surface area contributed by atoms with Crippen molar-refractivity contribution in [1.29, 1.82) is 0 Å². The van der Waals surface area contributed by atoms with Crippen molar-refractivity contribution in [3.05, 3.63) is 53.1 Å². The van der Waals surface area contributed by atoms with Gasteiger partial charge in [-0.15, -0.1) is 0 Å². The lowest BCUT2D eigenvalue weighted by atomic mass is 9.53. The molecule has 8 heteroatoms. The molecule has 39 heavy (non-hydrogen) atoms. The number of nitrogens with one attached hydrogen (secondary N) is 1. The van der Waals surface area contributed by atoms with Crippen LogP contribution in [-0.2, 0) is 16.1 Å². The molecular weight excluding hydrogens is 498 g/mol. The number of ether oxygens (including phenoxy) is 4.